The summed E-state index contributed by atoms with van der Waals surface area (Å²) in [5, 5.41) is 3.45. The lowest BCUT2D eigenvalue weighted by atomic mass is 10.0. The fourth-order valence-electron chi connectivity index (χ4n) is 2.74. The van der Waals surface area contributed by atoms with E-state index in [0.717, 1.165) is 26.9 Å². The largest absolute Gasteiger partial charge is 0.382 e. The Morgan fingerprint density at radius 2 is 2.00 bits per heavy atom. The number of thioether (sulfide) groups is 1. The highest BCUT2D eigenvalue weighted by molar-refractivity contribution is 7.99. The molecule has 0 spiro atoms. The van der Waals surface area contributed by atoms with Crippen molar-refractivity contribution in [3.63, 3.8) is 0 Å². The van der Waals surface area contributed by atoms with E-state index in [1.807, 2.05) is 5.38 Å². The molecule has 0 saturated heterocycles. The molecule has 0 aliphatic carbocycles. The highest BCUT2D eigenvalue weighted by Crippen LogP contribution is 2.32. The van der Waals surface area contributed by atoms with Crippen LogP contribution in [-0.4, -0.2) is 42.2 Å². The van der Waals surface area contributed by atoms with Gasteiger partial charge in [0.15, 0.2) is 5.16 Å². The van der Waals surface area contributed by atoms with Gasteiger partial charge in [-0.3, -0.25) is 9.36 Å². The maximum absolute atomic E-state index is 13.0. The topological polar surface area (TPSA) is 53.4 Å². The quantitative estimate of drug-likeness (QED) is 0.322. The molecule has 0 atom stereocenters. The number of ether oxygens (including phenoxy) is 2. The van der Waals surface area contributed by atoms with E-state index in [1.54, 1.807) is 18.7 Å². The number of rotatable bonds is 8. The van der Waals surface area contributed by atoms with E-state index in [9.17, 15) is 4.79 Å². The molecule has 144 valence electrons. The van der Waals surface area contributed by atoms with Gasteiger partial charge in [0, 0.05) is 30.9 Å². The molecule has 7 heteroatoms. The number of aryl methyl sites for hydroxylation is 2. The molecule has 5 nitrogen and oxygen atoms in total. The number of hydrogen-bond donors (Lipinski definition) is 0. The molecular formula is C20H24N2O3S2. The summed E-state index contributed by atoms with van der Waals surface area (Å²) < 4.78 is 12.1. The molecule has 27 heavy (non-hydrogen) atoms. The lowest BCUT2D eigenvalue weighted by molar-refractivity contribution is 0.0790. The molecule has 2 heterocycles. The summed E-state index contributed by atoms with van der Waals surface area (Å²) in [5.41, 5.74) is 4.49. The van der Waals surface area contributed by atoms with E-state index in [-0.39, 0.29) is 5.56 Å². The van der Waals surface area contributed by atoms with Gasteiger partial charge in [0.05, 0.1) is 25.2 Å². The van der Waals surface area contributed by atoms with Crippen LogP contribution >= 0.6 is 23.1 Å². The van der Waals surface area contributed by atoms with Crippen LogP contribution in [0, 0.1) is 13.8 Å². The molecule has 0 aliphatic heterocycles. The summed E-state index contributed by atoms with van der Waals surface area (Å²) in [7, 11) is 3.44. The first kappa shape index (κ1) is 20.1. The highest BCUT2D eigenvalue weighted by Gasteiger charge is 2.16. The van der Waals surface area contributed by atoms with Gasteiger partial charge in [0.25, 0.3) is 5.56 Å². The van der Waals surface area contributed by atoms with Crippen LogP contribution in [-0.2, 0) is 16.5 Å². The third kappa shape index (κ3) is 4.43. The molecule has 0 fully saturated rings. The normalized spacial score (nSPS) is 11.4. The van der Waals surface area contributed by atoms with E-state index < -0.39 is 0 Å². The van der Waals surface area contributed by atoms with E-state index in [1.165, 1.54) is 34.2 Å². The van der Waals surface area contributed by atoms with Crippen molar-refractivity contribution in [2.24, 2.45) is 7.05 Å². The van der Waals surface area contributed by atoms with Crippen molar-refractivity contribution in [1.82, 2.24) is 9.55 Å². The molecule has 2 aromatic heterocycles. The average molecular weight is 405 g/mol. The van der Waals surface area contributed by atoms with Gasteiger partial charge >= 0.3 is 0 Å². The van der Waals surface area contributed by atoms with Gasteiger partial charge in [-0.05, 0) is 30.5 Å². The molecule has 0 bridgehead atoms. The first-order valence-electron chi connectivity index (χ1n) is 8.78. The summed E-state index contributed by atoms with van der Waals surface area (Å²) in [4.78, 5) is 18.5. The van der Waals surface area contributed by atoms with Crippen LogP contribution in [0.5, 0.6) is 0 Å². The fraction of sp³-hybridized carbons (Fsp3) is 0.400. The highest BCUT2D eigenvalue weighted by atomic mass is 32.2. The van der Waals surface area contributed by atoms with Gasteiger partial charge in [0.1, 0.15) is 4.83 Å². The van der Waals surface area contributed by atoms with Gasteiger partial charge in [-0.15, -0.1) is 11.3 Å². The van der Waals surface area contributed by atoms with Crippen molar-refractivity contribution in [1.29, 1.82) is 0 Å². The van der Waals surface area contributed by atoms with Crippen molar-refractivity contribution in [2.45, 2.75) is 19.0 Å². The third-order valence-corrected chi connectivity index (χ3v) is 6.35. The maximum Gasteiger partial charge on any atom is 0.263 e. The molecule has 3 rings (SSSR count). The van der Waals surface area contributed by atoms with E-state index >= 15 is 0 Å². The number of benzene rings is 1. The first-order chi connectivity index (χ1) is 13.0. The first-order valence-corrected chi connectivity index (χ1v) is 10.6. The Balaban J connectivity index is 1.86. The summed E-state index contributed by atoms with van der Waals surface area (Å²) in [6.07, 6.45) is 0. The van der Waals surface area contributed by atoms with Gasteiger partial charge in [-0.25, -0.2) is 4.98 Å². The van der Waals surface area contributed by atoms with Crippen LogP contribution < -0.4 is 5.56 Å². The zero-order chi connectivity index (χ0) is 19.4. The predicted molar refractivity (Wildman–Crippen MR) is 113 cm³/mol. The number of hydrogen-bond acceptors (Lipinski definition) is 6. The second-order valence-corrected chi connectivity index (χ2v) is 8.26. The minimum Gasteiger partial charge on any atom is -0.382 e. The monoisotopic (exact) mass is 404 g/mol. The fourth-order valence-corrected chi connectivity index (χ4v) is 4.55. The average Bonchev–Trinajstić information content (AvgIpc) is 3.08. The molecule has 0 unspecified atom stereocenters. The second kappa shape index (κ2) is 9.01. The minimum atomic E-state index is -0.00252. The summed E-state index contributed by atoms with van der Waals surface area (Å²) in [6.45, 7) is 5.94. The Morgan fingerprint density at radius 3 is 2.74 bits per heavy atom. The Kier molecular flexibility index (Phi) is 6.70. The molecule has 0 amide bonds. The van der Waals surface area contributed by atoms with Crippen molar-refractivity contribution in [3.8, 4) is 11.1 Å². The lowest BCUT2D eigenvalue weighted by Crippen LogP contribution is -2.20. The summed E-state index contributed by atoms with van der Waals surface area (Å²) in [6, 6.07) is 6.31. The lowest BCUT2D eigenvalue weighted by Gasteiger charge is -2.09. The molecule has 0 aliphatic rings. The number of aromatic nitrogens is 2. The van der Waals surface area contributed by atoms with Crippen LogP contribution in [0.1, 0.15) is 11.1 Å². The smallest absolute Gasteiger partial charge is 0.263 e. The summed E-state index contributed by atoms with van der Waals surface area (Å²) >= 11 is 3.06. The van der Waals surface area contributed by atoms with Crippen molar-refractivity contribution in [3.05, 3.63) is 45.1 Å². The van der Waals surface area contributed by atoms with Crippen molar-refractivity contribution < 1.29 is 9.47 Å². The van der Waals surface area contributed by atoms with Crippen molar-refractivity contribution >= 4 is 33.3 Å². The Bertz CT molecular complexity index is 995. The van der Waals surface area contributed by atoms with Crippen LogP contribution in [0.25, 0.3) is 21.3 Å². The van der Waals surface area contributed by atoms with E-state index in [2.05, 4.69) is 32.0 Å². The summed E-state index contributed by atoms with van der Waals surface area (Å²) in [5.74, 6) is 0.741. The van der Waals surface area contributed by atoms with E-state index in [4.69, 9.17) is 14.5 Å². The minimum absolute atomic E-state index is 0.00252. The Morgan fingerprint density at radius 1 is 1.19 bits per heavy atom. The van der Waals surface area contributed by atoms with Crippen LogP contribution in [0.3, 0.4) is 0 Å². The SMILES string of the molecule is COCCOCCSc1nc2scc(-c3ccc(C)c(C)c3)c2c(=O)n1C. The number of fused-ring (bicyclic) bond motifs is 1. The van der Waals surface area contributed by atoms with Gasteiger partial charge < -0.3 is 9.47 Å². The predicted octanol–water partition coefficient (Wildman–Crippen LogP) is 4.03. The Hall–Kier alpha value is -1.67. The number of thiophene rings is 1. The molecule has 0 saturated carbocycles. The maximum atomic E-state index is 13.0. The molecular weight excluding hydrogens is 380 g/mol. The van der Waals surface area contributed by atoms with Crippen LogP contribution in [0.4, 0.5) is 0 Å². The number of nitrogens with zero attached hydrogens (tertiary/aromatic N) is 2. The molecule has 1 aromatic carbocycles. The Labute approximate surface area is 167 Å². The third-order valence-electron chi connectivity index (χ3n) is 4.48. The zero-order valence-corrected chi connectivity index (χ0v) is 17.7. The van der Waals surface area contributed by atoms with E-state index in [0.29, 0.717) is 25.2 Å². The van der Waals surface area contributed by atoms with Gasteiger partial charge in [0.2, 0.25) is 0 Å². The second-order valence-electron chi connectivity index (χ2n) is 6.34. The van der Waals surface area contributed by atoms with Gasteiger partial charge in [-0.2, -0.15) is 0 Å². The van der Waals surface area contributed by atoms with Crippen LogP contribution in [0.2, 0.25) is 0 Å². The number of methoxy groups -OCH3 is 1. The molecule has 3 aromatic rings. The van der Waals surface area contributed by atoms with Crippen LogP contribution in [0.15, 0.2) is 33.5 Å². The van der Waals surface area contributed by atoms with Crippen molar-refractivity contribution in [2.75, 3.05) is 32.7 Å². The zero-order valence-electron chi connectivity index (χ0n) is 16.1. The molecule has 0 N–H and O–H groups in total. The standard InChI is InChI=1S/C20H24N2O3S2/c1-13-5-6-15(11-14(13)2)16-12-27-18-17(16)19(23)22(3)20(21-18)26-10-9-25-8-7-24-4/h5-6,11-12H,7-10H2,1-4H3. The van der Waals surface area contributed by atoms with Gasteiger partial charge in [-0.1, -0.05) is 30.0 Å². The molecule has 0 radical (unpaired) electrons.